The van der Waals surface area contributed by atoms with Gasteiger partial charge in [-0.1, -0.05) is 0 Å². The number of nitrogens with one attached hydrogen (secondary N) is 1. The Morgan fingerprint density at radius 2 is 1.86 bits per heavy atom. The van der Waals surface area contributed by atoms with Crippen molar-refractivity contribution in [2.75, 3.05) is 38.2 Å². The van der Waals surface area contributed by atoms with Crippen LogP contribution in [0.2, 0.25) is 0 Å². The van der Waals surface area contributed by atoms with Gasteiger partial charge in [0, 0.05) is 56.5 Å². The summed E-state index contributed by atoms with van der Waals surface area (Å²) in [5.41, 5.74) is 5.24. The number of nitrogens with zero attached hydrogens (tertiary/aromatic N) is 6. The highest BCUT2D eigenvalue weighted by Crippen LogP contribution is 2.26. The maximum atomic E-state index is 5.53. The summed E-state index contributed by atoms with van der Waals surface area (Å²) in [6.45, 7) is 8.10. The zero-order valence-electron chi connectivity index (χ0n) is 17.2. The molecule has 0 saturated carbocycles. The van der Waals surface area contributed by atoms with E-state index in [0.29, 0.717) is 12.5 Å². The minimum atomic E-state index is 0.205. The van der Waals surface area contributed by atoms with Gasteiger partial charge in [0.05, 0.1) is 30.6 Å². The summed E-state index contributed by atoms with van der Waals surface area (Å²) in [7, 11) is 1.95. The Morgan fingerprint density at radius 1 is 1.10 bits per heavy atom. The van der Waals surface area contributed by atoms with Crippen LogP contribution in [-0.2, 0) is 11.8 Å². The van der Waals surface area contributed by atoms with E-state index in [1.807, 2.05) is 37.1 Å². The van der Waals surface area contributed by atoms with E-state index in [2.05, 4.69) is 44.3 Å². The summed E-state index contributed by atoms with van der Waals surface area (Å²) >= 11 is 0. The second kappa shape index (κ2) is 8.67. The van der Waals surface area contributed by atoms with Crippen molar-refractivity contribution in [2.24, 2.45) is 7.05 Å². The maximum Gasteiger partial charge on any atom is 0.223 e. The molecule has 0 aliphatic carbocycles. The number of ether oxygens (including phenoxy) is 1. The van der Waals surface area contributed by atoms with Crippen molar-refractivity contribution in [1.29, 1.82) is 0 Å². The van der Waals surface area contributed by atoms with Crippen LogP contribution in [-0.4, -0.2) is 62.5 Å². The van der Waals surface area contributed by atoms with E-state index < -0.39 is 0 Å². The quantitative estimate of drug-likeness (QED) is 0.689. The highest BCUT2D eigenvalue weighted by molar-refractivity contribution is 5.65. The van der Waals surface area contributed by atoms with Gasteiger partial charge >= 0.3 is 0 Å². The first-order valence-corrected chi connectivity index (χ1v) is 9.92. The van der Waals surface area contributed by atoms with Gasteiger partial charge in [-0.2, -0.15) is 5.10 Å². The predicted octanol–water partition coefficient (Wildman–Crippen LogP) is 2.37. The Balaban J connectivity index is 1.55. The first-order chi connectivity index (χ1) is 14.1. The lowest BCUT2D eigenvalue weighted by Gasteiger charge is -2.34. The van der Waals surface area contributed by atoms with E-state index in [4.69, 9.17) is 9.72 Å². The Kier molecular flexibility index (Phi) is 5.82. The summed E-state index contributed by atoms with van der Waals surface area (Å²) in [5.74, 6) is 0.623. The molecule has 1 fully saturated rings. The molecule has 8 heteroatoms. The number of hydrogen-bond acceptors (Lipinski definition) is 7. The number of hydrogen-bond donors (Lipinski definition) is 1. The molecular weight excluding hydrogens is 366 g/mol. The fourth-order valence-corrected chi connectivity index (χ4v) is 3.85. The van der Waals surface area contributed by atoms with Gasteiger partial charge in [-0.15, -0.1) is 0 Å². The van der Waals surface area contributed by atoms with Crippen LogP contribution in [0.5, 0.6) is 0 Å². The first-order valence-electron chi connectivity index (χ1n) is 9.92. The second-order valence-electron chi connectivity index (χ2n) is 7.26. The van der Waals surface area contributed by atoms with E-state index in [0.717, 1.165) is 48.9 Å². The number of anilines is 1. The fourth-order valence-electron chi connectivity index (χ4n) is 3.85. The van der Waals surface area contributed by atoms with Crippen molar-refractivity contribution >= 4 is 5.95 Å². The molecule has 0 aromatic carbocycles. The molecule has 8 nitrogen and oxygen atoms in total. The zero-order chi connectivity index (χ0) is 20.2. The molecule has 3 aromatic heterocycles. The Bertz CT molecular complexity index is 951. The van der Waals surface area contributed by atoms with Crippen LogP contribution < -0.4 is 5.32 Å². The lowest BCUT2D eigenvalue weighted by molar-refractivity contribution is 0.0186. The highest BCUT2D eigenvalue weighted by Gasteiger charge is 2.23. The molecule has 1 saturated heterocycles. The number of pyridine rings is 1. The number of aryl methyl sites for hydroxylation is 2. The normalized spacial score (nSPS) is 16.0. The van der Waals surface area contributed by atoms with E-state index >= 15 is 0 Å². The maximum absolute atomic E-state index is 5.53. The van der Waals surface area contributed by atoms with Crippen molar-refractivity contribution < 1.29 is 4.74 Å². The number of aromatic nitrogens is 5. The molecule has 4 heterocycles. The Morgan fingerprint density at radius 3 is 2.55 bits per heavy atom. The summed E-state index contributed by atoms with van der Waals surface area (Å²) in [6.07, 6.45) is 5.48. The topological polar surface area (TPSA) is 81.0 Å². The monoisotopic (exact) mass is 393 g/mol. The molecule has 1 aliphatic heterocycles. The van der Waals surface area contributed by atoms with Gasteiger partial charge in [0.25, 0.3) is 0 Å². The predicted molar refractivity (Wildman–Crippen MR) is 112 cm³/mol. The molecule has 0 amide bonds. The largest absolute Gasteiger partial charge is 0.379 e. The SMILES string of the molecule is Cc1nn(C)c(C)c1-c1ccnc(NCC(c2ccncc2)N2CCOCC2)n1. The zero-order valence-corrected chi connectivity index (χ0v) is 17.2. The molecule has 0 radical (unpaired) electrons. The molecule has 4 rings (SSSR count). The number of rotatable bonds is 6. The van der Waals surface area contributed by atoms with E-state index in [9.17, 15) is 0 Å². The van der Waals surface area contributed by atoms with Gasteiger partial charge in [0.15, 0.2) is 0 Å². The third-order valence-corrected chi connectivity index (χ3v) is 5.45. The molecule has 1 aliphatic rings. The molecule has 29 heavy (non-hydrogen) atoms. The van der Waals surface area contributed by atoms with Gasteiger partial charge in [0.1, 0.15) is 0 Å². The summed E-state index contributed by atoms with van der Waals surface area (Å²) in [5, 5.41) is 7.95. The average Bonchev–Trinajstić information content (AvgIpc) is 3.01. The van der Waals surface area contributed by atoms with Crippen molar-refractivity contribution in [3.63, 3.8) is 0 Å². The van der Waals surface area contributed by atoms with Gasteiger partial charge in [0.2, 0.25) is 5.95 Å². The van der Waals surface area contributed by atoms with Gasteiger partial charge < -0.3 is 10.1 Å². The second-order valence-corrected chi connectivity index (χ2v) is 7.26. The molecular formula is C21H27N7O. The summed E-state index contributed by atoms with van der Waals surface area (Å²) in [4.78, 5) is 15.8. The third kappa shape index (κ3) is 4.28. The fraction of sp³-hybridized carbons (Fsp3) is 0.429. The first kappa shape index (κ1) is 19.5. The highest BCUT2D eigenvalue weighted by atomic mass is 16.5. The lowest BCUT2D eigenvalue weighted by Crippen LogP contribution is -2.41. The molecule has 1 N–H and O–H groups in total. The summed E-state index contributed by atoms with van der Waals surface area (Å²) in [6, 6.07) is 6.28. The average molecular weight is 393 g/mol. The molecule has 0 spiro atoms. The van der Waals surface area contributed by atoms with E-state index in [1.54, 1.807) is 6.20 Å². The van der Waals surface area contributed by atoms with Crippen LogP contribution in [0, 0.1) is 13.8 Å². The van der Waals surface area contributed by atoms with Crippen molar-refractivity contribution in [3.05, 3.63) is 53.7 Å². The molecule has 1 unspecified atom stereocenters. The van der Waals surface area contributed by atoms with Gasteiger partial charge in [-0.05, 0) is 37.6 Å². The smallest absolute Gasteiger partial charge is 0.223 e. The van der Waals surface area contributed by atoms with Crippen molar-refractivity contribution in [3.8, 4) is 11.3 Å². The molecule has 3 aromatic rings. The van der Waals surface area contributed by atoms with Crippen LogP contribution in [0.25, 0.3) is 11.3 Å². The van der Waals surface area contributed by atoms with Crippen molar-refractivity contribution in [1.82, 2.24) is 29.6 Å². The van der Waals surface area contributed by atoms with Crippen LogP contribution in [0.3, 0.4) is 0 Å². The van der Waals surface area contributed by atoms with Gasteiger partial charge in [-0.3, -0.25) is 14.6 Å². The number of morpholine rings is 1. The minimum absolute atomic E-state index is 0.205. The van der Waals surface area contributed by atoms with E-state index in [1.165, 1.54) is 5.56 Å². The van der Waals surface area contributed by atoms with Crippen LogP contribution in [0.1, 0.15) is 23.0 Å². The van der Waals surface area contributed by atoms with E-state index in [-0.39, 0.29) is 6.04 Å². The van der Waals surface area contributed by atoms with Crippen molar-refractivity contribution in [2.45, 2.75) is 19.9 Å². The molecule has 152 valence electrons. The minimum Gasteiger partial charge on any atom is -0.379 e. The Labute approximate surface area is 171 Å². The third-order valence-electron chi connectivity index (χ3n) is 5.45. The standard InChI is InChI=1S/C21H27N7O/c1-15-20(16(2)27(3)26-15)18-6-9-23-21(25-18)24-14-19(17-4-7-22-8-5-17)28-10-12-29-13-11-28/h4-9,19H,10-14H2,1-3H3,(H,23,24,25). The Hall–Kier alpha value is -2.84. The lowest BCUT2D eigenvalue weighted by atomic mass is 10.1. The van der Waals surface area contributed by atoms with Crippen LogP contribution >= 0.6 is 0 Å². The summed E-state index contributed by atoms with van der Waals surface area (Å²) < 4.78 is 7.42. The molecule has 0 bridgehead atoms. The molecule has 1 atom stereocenters. The van der Waals surface area contributed by atoms with Crippen LogP contribution in [0.15, 0.2) is 36.8 Å². The van der Waals surface area contributed by atoms with Crippen LogP contribution in [0.4, 0.5) is 5.95 Å². The van der Waals surface area contributed by atoms with Gasteiger partial charge in [-0.25, -0.2) is 9.97 Å².